The number of hydrogen-bond donors (Lipinski definition) is 1. The second kappa shape index (κ2) is 5.05. The molecule has 2 unspecified atom stereocenters. The zero-order valence-electron chi connectivity index (χ0n) is 11.0. The lowest BCUT2D eigenvalue weighted by molar-refractivity contribution is 0.0618. The van der Waals surface area contributed by atoms with Crippen LogP contribution in [0.4, 0.5) is 0 Å². The highest BCUT2D eigenvalue weighted by Crippen LogP contribution is 2.40. The van der Waals surface area contributed by atoms with Gasteiger partial charge in [-0.1, -0.05) is 25.1 Å². The van der Waals surface area contributed by atoms with Crippen LogP contribution >= 0.6 is 0 Å². The van der Waals surface area contributed by atoms with Crippen LogP contribution in [0.1, 0.15) is 43.2 Å². The molecule has 1 aliphatic rings. The van der Waals surface area contributed by atoms with Gasteiger partial charge in [0.25, 0.3) is 0 Å². The molecule has 0 aliphatic carbocycles. The van der Waals surface area contributed by atoms with Gasteiger partial charge in [0.1, 0.15) is 11.9 Å². The Morgan fingerprint density at radius 2 is 2.26 bits per heavy atom. The smallest absolute Gasteiger partial charge is 0.143 e. The van der Waals surface area contributed by atoms with E-state index in [-0.39, 0.29) is 6.10 Å². The summed E-state index contributed by atoms with van der Waals surface area (Å²) in [6.07, 6.45) is 4.69. The molecule has 2 aromatic rings. The number of hydrogen-bond acceptors (Lipinski definition) is 3. The zero-order valence-corrected chi connectivity index (χ0v) is 11.0. The lowest BCUT2D eigenvalue weighted by atomic mass is 9.98. The molecule has 100 valence electrons. The van der Waals surface area contributed by atoms with Gasteiger partial charge < -0.3 is 14.4 Å². The fourth-order valence-electron chi connectivity index (χ4n) is 2.60. The normalized spacial score (nSPS) is 21.8. The van der Waals surface area contributed by atoms with Crippen molar-refractivity contribution in [2.45, 2.75) is 38.5 Å². The van der Waals surface area contributed by atoms with Gasteiger partial charge in [0, 0.05) is 18.5 Å². The number of nitrogens with zero attached hydrogens (tertiary/aromatic N) is 2. The molecule has 1 aromatic carbocycles. The molecule has 0 amide bonds. The first kappa shape index (κ1) is 12.2. The van der Waals surface area contributed by atoms with Crippen molar-refractivity contribution in [2.24, 2.45) is 0 Å². The fourth-order valence-corrected chi connectivity index (χ4v) is 2.60. The summed E-state index contributed by atoms with van der Waals surface area (Å²) in [5.41, 5.74) is 1.91. The molecule has 1 N–H and O–H groups in total. The zero-order chi connectivity index (χ0) is 13.2. The second-order valence-corrected chi connectivity index (χ2v) is 4.91. The molecule has 4 nitrogen and oxygen atoms in total. The molecule has 0 saturated carbocycles. The van der Waals surface area contributed by atoms with Gasteiger partial charge in [-0.15, -0.1) is 0 Å². The first-order chi connectivity index (χ1) is 9.29. The third kappa shape index (κ3) is 2.24. The van der Waals surface area contributed by atoms with E-state index in [2.05, 4.69) is 16.5 Å². The number of imidazole rings is 1. The Kier molecular flexibility index (Phi) is 3.25. The van der Waals surface area contributed by atoms with Crippen LogP contribution in [0.25, 0.3) is 0 Å². The van der Waals surface area contributed by atoms with E-state index in [9.17, 15) is 5.11 Å². The maximum atomic E-state index is 10.2. The van der Waals surface area contributed by atoms with Gasteiger partial charge in [-0.2, -0.15) is 0 Å². The summed E-state index contributed by atoms with van der Waals surface area (Å²) in [5, 5.41) is 10.2. The van der Waals surface area contributed by atoms with Crippen molar-refractivity contribution in [1.29, 1.82) is 0 Å². The highest BCUT2D eigenvalue weighted by molar-refractivity contribution is 5.37. The van der Waals surface area contributed by atoms with E-state index in [1.54, 1.807) is 0 Å². The van der Waals surface area contributed by atoms with Crippen LogP contribution in [-0.4, -0.2) is 14.7 Å². The Labute approximate surface area is 112 Å². The highest BCUT2D eigenvalue weighted by atomic mass is 16.5. The van der Waals surface area contributed by atoms with E-state index >= 15 is 0 Å². The summed E-state index contributed by atoms with van der Waals surface area (Å²) < 4.78 is 8.12. The second-order valence-electron chi connectivity index (χ2n) is 4.91. The number of aliphatic hydroxyl groups is 1. The van der Waals surface area contributed by atoms with Gasteiger partial charge in [-0.3, -0.25) is 0 Å². The summed E-state index contributed by atoms with van der Waals surface area (Å²) in [5.74, 6) is 0.774. The average molecular weight is 258 g/mol. The molecular weight excluding hydrogens is 240 g/mol. The minimum atomic E-state index is -0.472. The third-order valence-corrected chi connectivity index (χ3v) is 3.52. The van der Waals surface area contributed by atoms with Crippen molar-refractivity contribution in [3.63, 3.8) is 0 Å². The average Bonchev–Trinajstić information content (AvgIpc) is 2.87. The summed E-state index contributed by atoms with van der Waals surface area (Å²) in [7, 11) is 0. The Balaban J connectivity index is 1.90. The molecular formula is C15H18N2O2. The lowest BCUT2D eigenvalue weighted by Crippen LogP contribution is -2.21. The molecule has 0 fully saturated rings. The van der Waals surface area contributed by atoms with Crippen LogP contribution in [-0.2, 0) is 6.54 Å². The monoisotopic (exact) mass is 258 g/mol. The van der Waals surface area contributed by atoms with Gasteiger partial charge in [0.05, 0.1) is 24.3 Å². The van der Waals surface area contributed by atoms with Crippen LogP contribution in [0.2, 0.25) is 0 Å². The predicted molar refractivity (Wildman–Crippen MR) is 71.9 cm³/mol. The van der Waals surface area contributed by atoms with Crippen LogP contribution in [0, 0.1) is 0 Å². The van der Waals surface area contributed by atoms with E-state index in [0.717, 1.165) is 30.0 Å². The van der Waals surface area contributed by atoms with Gasteiger partial charge in [-0.05, 0) is 12.5 Å². The minimum Gasteiger partial charge on any atom is -0.484 e. The van der Waals surface area contributed by atoms with Gasteiger partial charge >= 0.3 is 0 Å². The largest absolute Gasteiger partial charge is 0.484 e. The van der Waals surface area contributed by atoms with Crippen LogP contribution < -0.4 is 4.74 Å². The molecule has 4 heteroatoms. The lowest BCUT2D eigenvalue weighted by Gasteiger charge is -2.30. The molecule has 3 rings (SSSR count). The number of rotatable bonds is 3. The molecule has 0 radical (unpaired) electrons. The van der Waals surface area contributed by atoms with Crippen molar-refractivity contribution < 1.29 is 9.84 Å². The van der Waals surface area contributed by atoms with Gasteiger partial charge in [-0.25, -0.2) is 4.98 Å². The number of fused-ring (bicyclic) bond motifs is 1. The standard InChI is InChI=1S/C15H18N2O2/c1-2-7-17-10-16-9-12(17)15-8-13(18)11-5-3-4-6-14(11)19-15/h3-6,9-10,13,15,18H,2,7-8H2,1H3. The Morgan fingerprint density at radius 1 is 1.42 bits per heavy atom. The number of aromatic nitrogens is 2. The van der Waals surface area contributed by atoms with Crippen molar-refractivity contribution in [3.8, 4) is 5.75 Å². The molecule has 0 spiro atoms. The van der Waals surface area contributed by atoms with E-state index in [4.69, 9.17) is 4.74 Å². The molecule has 2 atom stereocenters. The summed E-state index contributed by atoms with van der Waals surface area (Å²) in [6.45, 7) is 3.06. The third-order valence-electron chi connectivity index (χ3n) is 3.52. The van der Waals surface area contributed by atoms with E-state index < -0.39 is 6.10 Å². The Morgan fingerprint density at radius 3 is 3.11 bits per heavy atom. The van der Waals surface area contributed by atoms with Gasteiger partial charge in [0.15, 0.2) is 0 Å². The first-order valence-electron chi connectivity index (χ1n) is 6.73. The molecule has 0 bridgehead atoms. The summed E-state index contributed by atoms with van der Waals surface area (Å²) >= 11 is 0. The molecule has 0 saturated heterocycles. The van der Waals surface area contributed by atoms with E-state index in [1.807, 2.05) is 36.8 Å². The molecule has 1 aromatic heterocycles. The van der Waals surface area contributed by atoms with Gasteiger partial charge in [0.2, 0.25) is 0 Å². The molecule has 19 heavy (non-hydrogen) atoms. The SMILES string of the molecule is CCCn1cncc1C1CC(O)c2ccccc2O1. The van der Waals surface area contributed by atoms with Crippen LogP contribution in [0.5, 0.6) is 5.75 Å². The molecule has 1 aliphatic heterocycles. The maximum Gasteiger partial charge on any atom is 0.143 e. The summed E-state index contributed by atoms with van der Waals surface area (Å²) in [6, 6.07) is 7.68. The maximum absolute atomic E-state index is 10.2. The minimum absolute atomic E-state index is 0.126. The van der Waals surface area contributed by atoms with Crippen molar-refractivity contribution in [2.75, 3.05) is 0 Å². The quantitative estimate of drug-likeness (QED) is 0.920. The predicted octanol–water partition coefficient (Wildman–Crippen LogP) is 2.85. The fraction of sp³-hybridized carbons (Fsp3) is 0.400. The number of aliphatic hydroxyl groups excluding tert-OH is 1. The number of para-hydroxylation sites is 1. The highest BCUT2D eigenvalue weighted by Gasteiger charge is 2.29. The van der Waals surface area contributed by atoms with Crippen molar-refractivity contribution in [1.82, 2.24) is 9.55 Å². The number of benzene rings is 1. The topological polar surface area (TPSA) is 47.3 Å². The Hall–Kier alpha value is -1.81. The molecule has 2 heterocycles. The van der Waals surface area contributed by atoms with E-state index in [1.165, 1.54) is 0 Å². The van der Waals surface area contributed by atoms with Crippen molar-refractivity contribution in [3.05, 3.63) is 48.0 Å². The van der Waals surface area contributed by atoms with E-state index in [0.29, 0.717) is 6.42 Å². The Bertz CT molecular complexity index is 565. The first-order valence-corrected chi connectivity index (χ1v) is 6.73. The number of ether oxygens (including phenoxy) is 1. The van der Waals surface area contributed by atoms with Crippen LogP contribution in [0.3, 0.4) is 0 Å². The summed E-state index contributed by atoms with van der Waals surface area (Å²) in [4.78, 5) is 4.20. The van der Waals surface area contributed by atoms with Crippen LogP contribution in [0.15, 0.2) is 36.8 Å². The van der Waals surface area contributed by atoms with Crippen molar-refractivity contribution >= 4 is 0 Å². The number of aryl methyl sites for hydroxylation is 1.